The van der Waals surface area contributed by atoms with Gasteiger partial charge in [-0.3, -0.25) is 33.5 Å². The first kappa shape index (κ1) is 62.8. The van der Waals surface area contributed by atoms with E-state index in [2.05, 4.69) is 34.7 Å². The largest absolute Gasteiger partial charge is 0.497 e. The number of hydrogen-bond donors (Lipinski definition) is 4. The van der Waals surface area contributed by atoms with Crippen LogP contribution in [0, 0.1) is 37.5 Å². The number of aliphatic imine (C=N–C) groups is 1. The van der Waals surface area contributed by atoms with E-state index in [0.717, 1.165) is 63.5 Å². The predicted octanol–water partition coefficient (Wildman–Crippen LogP) is 7.93. The van der Waals surface area contributed by atoms with Crippen LogP contribution in [-0.2, 0) is 46.5 Å². The van der Waals surface area contributed by atoms with Crippen molar-refractivity contribution in [2.75, 3.05) is 73.8 Å². The van der Waals surface area contributed by atoms with E-state index < -0.39 is 29.4 Å². The second kappa shape index (κ2) is 26.6. The molecule has 24 heteroatoms. The molecule has 5 aliphatic rings. The van der Waals surface area contributed by atoms with Crippen molar-refractivity contribution in [3.8, 4) is 22.2 Å². The zero-order chi connectivity index (χ0) is 61.9. The van der Waals surface area contributed by atoms with Crippen molar-refractivity contribution in [3.05, 3.63) is 126 Å². The Bertz CT molecular complexity index is 3510. The van der Waals surface area contributed by atoms with Crippen molar-refractivity contribution in [2.24, 2.45) is 33.3 Å². The van der Waals surface area contributed by atoms with Crippen LogP contribution >= 0.6 is 34.5 Å². The van der Waals surface area contributed by atoms with Gasteiger partial charge in [-0.05, 0) is 113 Å². The number of carbonyl (C=O) groups is 5. The van der Waals surface area contributed by atoms with Gasteiger partial charge < -0.3 is 54.9 Å². The summed E-state index contributed by atoms with van der Waals surface area (Å²) in [5.41, 5.74) is 12.1. The lowest BCUT2D eigenvalue weighted by atomic mass is 9.66. The Labute approximate surface area is 521 Å². The minimum absolute atomic E-state index is 0.0177. The number of thiophene rings is 1. The van der Waals surface area contributed by atoms with Crippen LogP contribution in [0.3, 0.4) is 0 Å². The quantitative estimate of drug-likeness (QED) is 0.0209. The number of halogens is 2. The zero-order valence-corrected chi connectivity index (χ0v) is 52.7. The number of esters is 1. The van der Waals surface area contributed by atoms with E-state index in [4.69, 9.17) is 63.5 Å². The van der Waals surface area contributed by atoms with Crippen LogP contribution in [0.25, 0.3) is 5.00 Å². The van der Waals surface area contributed by atoms with E-state index in [9.17, 15) is 19.2 Å². The summed E-state index contributed by atoms with van der Waals surface area (Å²) in [6.45, 7) is 9.15. The van der Waals surface area contributed by atoms with Gasteiger partial charge in [0.2, 0.25) is 23.6 Å². The molecule has 2 aliphatic carbocycles. The molecule has 2 saturated carbocycles. The number of hydrazine groups is 1. The summed E-state index contributed by atoms with van der Waals surface area (Å²) in [5, 5.41) is 18.0. The first-order chi connectivity index (χ1) is 41.7. The first-order valence-corrected chi connectivity index (χ1v) is 31.1. The monoisotopic (exact) mass is 1250 g/mol. The number of nitrogens with two attached hydrogens (primary N) is 2. The summed E-state index contributed by atoms with van der Waals surface area (Å²) < 4.78 is 31.5. The van der Waals surface area contributed by atoms with Crippen molar-refractivity contribution < 1.29 is 47.7 Å². The number of fused-ring (bicyclic) bond motifs is 4. The second-order valence-electron chi connectivity index (χ2n) is 23.6. The molecular weight excluding hydrogens is 1170 g/mol. The molecule has 464 valence electrons. The van der Waals surface area contributed by atoms with Crippen LogP contribution in [0.1, 0.15) is 127 Å². The Morgan fingerprint density at radius 1 is 0.920 bits per heavy atom. The molecule has 5 aromatic rings. The van der Waals surface area contributed by atoms with Gasteiger partial charge in [0.05, 0.1) is 68.3 Å². The number of benzene rings is 3. The fourth-order valence-corrected chi connectivity index (χ4v) is 14.2. The standard InChI is InChI=1S/C63H77Cl2N11O10S/c1-36-37(2)87-60-55(36)57(39-11-14-41(64)15-12-39)70-47(58-72-71-38(3)76(58)60)29-53(78)68-24-19-52(77)69-25-27-84-34-49(73(5)67)46(66)33-85-50-18-17-45(65)43-20-26-75(48(56(43)50)31-74-35-63(22-23-63)30-54(74)79)59(80)44-10-8-9-21-62(44,4)61(81)86-32-40-13-16-42(82-6)28-51(40)83-7/h11-18,28,44,47-48H,8-10,19-27,29-35,66-67H2,1-7H3,(H,68,78)(H,69,77)/b49-46-/t44?,47-,48?,62-/m0/s1. The van der Waals surface area contributed by atoms with Gasteiger partial charge in [-0.15, -0.1) is 21.5 Å². The van der Waals surface area contributed by atoms with Crippen LogP contribution < -0.4 is 36.4 Å². The molecule has 0 bridgehead atoms. The van der Waals surface area contributed by atoms with E-state index >= 15 is 4.79 Å². The molecule has 10 rings (SSSR count). The molecule has 5 heterocycles. The zero-order valence-electron chi connectivity index (χ0n) is 50.4. The van der Waals surface area contributed by atoms with E-state index in [-0.39, 0.29) is 93.6 Å². The fourth-order valence-electron chi connectivity index (χ4n) is 12.6. The van der Waals surface area contributed by atoms with Gasteiger partial charge in [0.1, 0.15) is 47.3 Å². The molecule has 4 amide bonds. The third-order valence-corrected chi connectivity index (χ3v) is 19.6. The highest BCUT2D eigenvalue weighted by Crippen LogP contribution is 2.54. The minimum Gasteiger partial charge on any atom is -0.497 e. The predicted molar refractivity (Wildman–Crippen MR) is 330 cm³/mol. The van der Waals surface area contributed by atoms with E-state index in [1.807, 2.05) is 52.5 Å². The molecular formula is C63H77Cl2N11O10S. The molecule has 87 heavy (non-hydrogen) atoms. The molecule has 3 aromatic carbocycles. The maximum absolute atomic E-state index is 15.4. The Kier molecular flexibility index (Phi) is 19.2. The van der Waals surface area contributed by atoms with E-state index in [1.54, 1.807) is 62.9 Å². The molecule has 21 nitrogen and oxygen atoms in total. The molecule has 1 spiro atoms. The van der Waals surface area contributed by atoms with Crippen molar-refractivity contribution in [1.29, 1.82) is 0 Å². The number of methoxy groups -OCH3 is 2. The first-order valence-electron chi connectivity index (χ1n) is 29.6. The minimum atomic E-state index is -1.14. The lowest BCUT2D eigenvalue weighted by molar-refractivity contribution is -0.169. The van der Waals surface area contributed by atoms with Gasteiger partial charge >= 0.3 is 5.97 Å². The van der Waals surface area contributed by atoms with Gasteiger partial charge in [0.25, 0.3) is 0 Å². The summed E-state index contributed by atoms with van der Waals surface area (Å²) in [7, 11) is 4.73. The fraction of sp³-hybridized carbons (Fsp3) is 0.492. The molecule has 2 unspecified atom stereocenters. The molecule has 2 aromatic heterocycles. The number of carbonyl (C=O) groups excluding carboxylic acids is 5. The van der Waals surface area contributed by atoms with Crippen molar-refractivity contribution in [3.63, 3.8) is 0 Å². The molecule has 3 aliphatic heterocycles. The number of amides is 4. The van der Waals surface area contributed by atoms with Gasteiger partial charge in [-0.1, -0.05) is 48.2 Å². The average Bonchev–Trinajstić information content (AvgIpc) is 1.78. The maximum Gasteiger partial charge on any atom is 0.312 e. The number of nitrogens with one attached hydrogen (secondary N) is 2. The number of aryl methyl sites for hydroxylation is 2. The summed E-state index contributed by atoms with van der Waals surface area (Å²) in [6.07, 6.45) is 5.28. The lowest BCUT2D eigenvalue weighted by Crippen LogP contribution is -2.53. The highest BCUT2D eigenvalue weighted by atomic mass is 35.5. The van der Waals surface area contributed by atoms with Crippen LogP contribution in [0.2, 0.25) is 10.0 Å². The Hall–Kier alpha value is -7.24. The summed E-state index contributed by atoms with van der Waals surface area (Å²) in [4.78, 5) is 80.1. The summed E-state index contributed by atoms with van der Waals surface area (Å²) in [5.74, 6) is 7.21. The number of hydrogen-bond acceptors (Lipinski definition) is 17. The lowest BCUT2D eigenvalue weighted by Gasteiger charge is -2.45. The van der Waals surface area contributed by atoms with Crippen LogP contribution in [0.4, 0.5) is 0 Å². The van der Waals surface area contributed by atoms with Crippen LogP contribution in [0.5, 0.6) is 17.2 Å². The van der Waals surface area contributed by atoms with Gasteiger partial charge in [-0.25, -0.2) is 5.84 Å². The number of nitrogens with zero attached hydrogens (tertiary/aromatic N) is 7. The van der Waals surface area contributed by atoms with Crippen molar-refractivity contribution in [1.82, 2.24) is 40.2 Å². The number of ether oxygens (including phenoxy) is 5. The van der Waals surface area contributed by atoms with Crippen LogP contribution in [0.15, 0.2) is 71.0 Å². The molecule has 6 N–H and O–H groups in total. The maximum atomic E-state index is 15.4. The van der Waals surface area contributed by atoms with Gasteiger partial charge in [0, 0.05) is 95.9 Å². The summed E-state index contributed by atoms with van der Waals surface area (Å²) in [6, 6.07) is 15.0. The number of rotatable bonds is 23. The van der Waals surface area contributed by atoms with E-state index in [1.165, 1.54) is 5.01 Å². The normalized spacial score (nSPS) is 20.3. The SMILES string of the molecule is COc1ccc(COC(=O)[C@@]2(C)CCCCC2C(=O)N2CCc3c(Cl)ccc(OC/C(N)=C(\COCCNC(=O)CCNC(=O)C[C@@H]4N=C(c5ccc(Cl)cc5)c5c(sc(C)c5C)-n5c(C)nnc54)N(C)N)c3C2CN2CC3(CC3)CC2=O)c(OC)c1. The molecule has 0 radical (unpaired) electrons. The number of likely N-dealkylation sites (N-methyl/N-ethyl adjacent to an activating group) is 1. The van der Waals surface area contributed by atoms with Gasteiger partial charge in [0.15, 0.2) is 5.82 Å². The summed E-state index contributed by atoms with van der Waals surface area (Å²) >= 11 is 14.9. The van der Waals surface area contributed by atoms with Crippen molar-refractivity contribution >= 4 is 69.8 Å². The van der Waals surface area contributed by atoms with Gasteiger partial charge in [-0.2, -0.15) is 0 Å². The van der Waals surface area contributed by atoms with Crippen LogP contribution in [-0.4, -0.2) is 139 Å². The highest BCUT2D eigenvalue weighted by molar-refractivity contribution is 7.15. The second-order valence-corrected chi connectivity index (χ2v) is 25.7. The molecule has 1 saturated heterocycles. The Morgan fingerprint density at radius 2 is 1.69 bits per heavy atom. The highest BCUT2D eigenvalue weighted by Gasteiger charge is 2.54. The third kappa shape index (κ3) is 13.4. The molecule has 3 fully saturated rings. The Balaban J connectivity index is 0.761. The Morgan fingerprint density at radius 3 is 2.41 bits per heavy atom. The molecule has 4 atom stereocenters. The third-order valence-electron chi connectivity index (χ3n) is 17.8. The smallest absolute Gasteiger partial charge is 0.312 e. The number of likely N-dealkylation sites (tertiary alicyclic amines) is 1. The average molecular weight is 1250 g/mol. The number of aromatic nitrogens is 3. The van der Waals surface area contributed by atoms with E-state index in [0.29, 0.717) is 94.5 Å². The topological polar surface area (TPSA) is 260 Å². The van der Waals surface area contributed by atoms with Crippen molar-refractivity contribution in [2.45, 2.75) is 111 Å².